The predicted molar refractivity (Wildman–Crippen MR) is 142 cm³/mol. The zero-order valence-electron chi connectivity index (χ0n) is 19.9. The van der Waals surface area contributed by atoms with E-state index in [-0.39, 0.29) is 23.7 Å². The largest absolute Gasteiger partial charge is 0.497 e. The molecule has 0 aliphatic rings. The van der Waals surface area contributed by atoms with Crippen LogP contribution in [0.3, 0.4) is 0 Å². The number of nitrogens with one attached hydrogen (secondary N) is 2. The molecule has 0 aliphatic heterocycles. The fourth-order valence-corrected chi connectivity index (χ4v) is 4.19. The zero-order chi connectivity index (χ0) is 27.4. The van der Waals surface area contributed by atoms with Gasteiger partial charge in [-0.25, -0.2) is 9.48 Å². The SMILES string of the molecule is COc1ccc(-c2nn(-c3ccc(C(F)(F)F)cc3)c(N)c2NC(=O)NCCc2ccc(Cl)cc2Cl)cc1. The summed E-state index contributed by atoms with van der Waals surface area (Å²) in [7, 11) is 1.53. The van der Waals surface area contributed by atoms with Gasteiger partial charge in [0, 0.05) is 22.2 Å². The topological polar surface area (TPSA) is 94.2 Å². The van der Waals surface area contributed by atoms with Gasteiger partial charge >= 0.3 is 12.2 Å². The van der Waals surface area contributed by atoms with E-state index in [1.807, 2.05) is 0 Å². The number of carbonyl (C=O) groups is 1. The van der Waals surface area contributed by atoms with Crippen LogP contribution in [0, 0.1) is 0 Å². The number of halogens is 5. The minimum absolute atomic E-state index is 0.0338. The van der Waals surface area contributed by atoms with E-state index in [0.717, 1.165) is 17.7 Å². The Hall–Kier alpha value is -3.89. The van der Waals surface area contributed by atoms with Crippen molar-refractivity contribution in [3.63, 3.8) is 0 Å². The van der Waals surface area contributed by atoms with Gasteiger partial charge in [0.05, 0.1) is 18.4 Å². The summed E-state index contributed by atoms with van der Waals surface area (Å²) in [5, 5.41) is 11.0. The minimum atomic E-state index is -4.48. The molecule has 1 aromatic heterocycles. The van der Waals surface area contributed by atoms with Crippen LogP contribution < -0.4 is 21.1 Å². The molecule has 0 saturated heterocycles. The van der Waals surface area contributed by atoms with Crippen LogP contribution in [0.4, 0.5) is 29.5 Å². The summed E-state index contributed by atoms with van der Waals surface area (Å²) in [6.45, 7) is 0.262. The first-order chi connectivity index (χ1) is 18.1. The Balaban J connectivity index is 1.60. The molecule has 12 heteroatoms. The summed E-state index contributed by atoms with van der Waals surface area (Å²) in [5.41, 5.74) is 7.75. The molecule has 2 amide bonds. The number of anilines is 2. The van der Waals surface area contributed by atoms with Gasteiger partial charge in [0.25, 0.3) is 0 Å². The molecule has 198 valence electrons. The van der Waals surface area contributed by atoms with Crippen LogP contribution >= 0.6 is 23.2 Å². The fourth-order valence-electron chi connectivity index (χ4n) is 3.69. The van der Waals surface area contributed by atoms with Crippen molar-refractivity contribution >= 4 is 40.7 Å². The Labute approximate surface area is 226 Å². The van der Waals surface area contributed by atoms with Crippen molar-refractivity contribution in [2.45, 2.75) is 12.6 Å². The summed E-state index contributed by atoms with van der Waals surface area (Å²) >= 11 is 12.1. The Kier molecular flexibility index (Phi) is 8.03. The number of nitrogens with zero attached hydrogens (tertiary/aromatic N) is 2. The molecule has 0 radical (unpaired) electrons. The molecule has 4 N–H and O–H groups in total. The van der Waals surface area contributed by atoms with E-state index >= 15 is 0 Å². The quantitative estimate of drug-likeness (QED) is 0.230. The molecule has 3 aromatic carbocycles. The van der Waals surface area contributed by atoms with Gasteiger partial charge in [-0.3, -0.25) is 0 Å². The van der Waals surface area contributed by atoms with Gasteiger partial charge in [0.15, 0.2) is 5.82 Å². The van der Waals surface area contributed by atoms with Crippen LogP contribution in [-0.4, -0.2) is 29.5 Å². The zero-order valence-corrected chi connectivity index (χ0v) is 21.5. The molecule has 38 heavy (non-hydrogen) atoms. The van der Waals surface area contributed by atoms with Crippen molar-refractivity contribution in [1.82, 2.24) is 15.1 Å². The average Bonchev–Trinajstić information content (AvgIpc) is 3.20. The number of methoxy groups -OCH3 is 1. The van der Waals surface area contributed by atoms with E-state index in [0.29, 0.717) is 33.5 Å². The molecule has 0 atom stereocenters. The Morgan fingerprint density at radius 1 is 1.05 bits per heavy atom. The van der Waals surface area contributed by atoms with Crippen LogP contribution in [0.25, 0.3) is 16.9 Å². The number of hydrogen-bond acceptors (Lipinski definition) is 4. The number of nitrogen functional groups attached to an aromatic ring is 1. The number of ether oxygens (including phenoxy) is 1. The standard InChI is InChI=1S/C26H22Cl2F3N5O2/c1-38-20-10-3-16(4-11-20)22-23(34-25(37)33-13-12-15-2-7-18(27)14-21(15)28)24(32)36(35-22)19-8-5-17(6-9-19)26(29,30)31/h2-11,14H,12-13,32H2,1H3,(H2,33,34,37). The van der Waals surface area contributed by atoms with Crippen molar-refractivity contribution in [3.8, 4) is 22.7 Å². The lowest BCUT2D eigenvalue weighted by Gasteiger charge is -2.10. The first-order valence-corrected chi connectivity index (χ1v) is 12.0. The third-order valence-corrected chi connectivity index (χ3v) is 6.24. The smallest absolute Gasteiger partial charge is 0.416 e. The highest BCUT2D eigenvalue weighted by molar-refractivity contribution is 6.35. The number of amides is 2. The van der Waals surface area contributed by atoms with E-state index in [9.17, 15) is 18.0 Å². The lowest BCUT2D eigenvalue weighted by Crippen LogP contribution is -2.30. The summed E-state index contributed by atoms with van der Waals surface area (Å²) in [6, 6.07) is 15.8. The van der Waals surface area contributed by atoms with E-state index in [1.54, 1.807) is 42.5 Å². The van der Waals surface area contributed by atoms with E-state index in [1.165, 1.54) is 23.9 Å². The third-order valence-electron chi connectivity index (χ3n) is 5.66. The predicted octanol–water partition coefficient (Wildman–Crippen LogP) is 6.82. The van der Waals surface area contributed by atoms with Crippen LogP contribution in [-0.2, 0) is 12.6 Å². The lowest BCUT2D eigenvalue weighted by molar-refractivity contribution is -0.137. The number of nitrogens with two attached hydrogens (primary N) is 1. The second kappa shape index (κ2) is 11.2. The lowest BCUT2D eigenvalue weighted by atomic mass is 10.1. The van der Waals surface area contributed by atoms with Gasteiger partial charge in [0.1, 0.15) is 17.1 Å². The molecule has 0 saturated carbocycles. The second-order valence-electron chi connectivity index (χ2n) is 8.16. The molecule has 4 aromatic rings. The van der Waals surface area contributed by atoms with Crippen LogP contribution in [0.15, 0.2) is 66.7 Å². The number of alkyl halides is 3. The number of carbonyl (C=O) groups excluding carboxylic acids is 1. The molecule has 7 nitrogen and oxygen atoms in total. The molecule has 0 bridgehead atoms. The maximum Gasteiger partial charge on any atom is 0.416 e. The van der Waals surface area contributed by atoms with Crippen LogP contribution in [0.1, 0.15) is 11.1 Å². The van der Waals surface area contributed by atoms with E-state index in [4.69, 9.17) is 33.7 Å². The maximum absolute atomic E-state index is 13.0. The van der Waals surface area contributed by atoms with Crippen LogP contribution in [0.5, 0.6) is 5.75 Å². The maximum atomic E-state index is 13.0. The molecule has 4 rings (SSSR count). The Bertz CT molecular complexity index is 1440. The van der Waals surface area contributed by atoms with Gasteiger partial charge in [-0.1, -0.05) is 29.3 Å². The van der Waals surface area contributed by atoms with E-state index < -0.39 is 17.8 Å². The Morgan fingerprint density at radius 3 is 2.34 bits per heavy atom. The van der Waals surface area contributed by atoms with Gasteiger partial charge in [-0.05, 0) is 72.6 Å². The summed E-state index contributed by atoms with van der Waals surface area (Å²) in [5.74, 6) is 0.642. The summed E-state index contributed by atoms with van der Waals surface area (Å²) < 4.78 is 45.5. The number of urea groups is 1. The second-order valence-corrected chi connectivity index (χ2v) is 9.00. The van der Waals surface area contributed by atoms with Gasteiger partial charge < -0.3 is 21.1 Å². The molecule has 1 heterocycles. The van der Waals surface area contributed by atoms with E-state index in [2.05, 4.69) is 15.7 Å². The summed E-state index contributed by atoms with van der Waals surface area (Å²) in [6.07, 6.45) is -4.03. The average molecular weight is 564 g/mol. The van der Waals surface area contributed by atoms with Crippen molar-refractivity contribution in [2.75, 3.05) is 24.7 Å². The monoisotopic (exact) mass is 563 g/mol. The van der Waals surface area contributed by atoms with Crippen LogP contribution in [0.2, 0.25) is 10.0 Å². The first-order valence-electron chi connectivity index (χ1n) is 11.3. The third kappa shape index (κ3) is 6.15. The minimum Gasteiger partial charge on any atom is -0.497 e. The Morgan fingerprint density at radius 2 is 1.74 bits per heavy atom. The van der Waals surface area contributed by atoms with Gasteiger partial charge in [-0.15, -0.1) is 0 Å². The highest BCUT2D eigenvalue weighted by Crippen LogP contribution is 2.36. The number of aromatic nitrogens is 2. The molecular weight excluding hydrogens is 542 g/mol. The number of hydrogen-bond donors (Lipinski definition) is 3. The van der Waals surface area contributed by atoms with Gasteiger partial charge in [0.2, 0.25) is 0 Å². The molecular formula is C26H22Cl2F3N5O2. The van der Waals surface area contributed by atoms with Crippen molar-refractivity contribution in [1.29, 1.82) is 0 Å². The van der Waals surface area contributed by atoms with Crippen molar-refractivity contribution in [3.05, 3.63) is 87.9 Å². The number of benzene rings is 3. The van der Waals surface area contributed by atoms with Crippen molar-refractivity contribution in [2.24, 2.45) is 0 Å². The number of rotatable bonds is 7. The van der Waals surface area contributed by atoms with Gasteiger partial charge in [-0.2, -0.15) is 18.3 Å². The normalized spacial score (nSPS) is 11.3. The first kappa shape index (κ1) is 27.2. The molecule has 0 fully saturated rings. The highest BCUT2D eigenvalue weighted by atomic mass is 35.5. The molecule has 0 unspecified atom stereocenters. The molecule has 0 spiro atoms. The fraction of sp³-hybridized carbons (Fsp3) is 0.154. The van der Waals surface area contributed by atoms with Crippen molar-refractivity contribution < 1.29 is 22.7 Å². The molecule has 0 aliphatic carbocycles. The summed E-state index contributed by atoms with van der Waals surface area (Å²) in [4.78, 5) is 12.8. The highest BCUT2D eigenvalue weighted by Gasteiger charge is 2.30.